The van der Waals surface area contributed by atoms with Crippen molar-refractivity contribution in [3.63, 3.8) is 0 Å². The van der Waals surface area contributed by atoms with E-state index < -0.39 is 10.0 Å². The zero-order valence-electron chi connectivity index (χ0n) is 12.1. The first-order valence-corrected chi connectivity index (χ1v) is 8.92. The van der Waals surface area contributed by atoms with Crippen molar-refractivity contribution in [1.82, 2.24) is 0 Å². The molecule has 0 radical (unpaired) electrons. The van der Waals surface area contributed by atoms with Crippen LogP contribution in [0.2, 0.25) is 10.0 Å². The van der Waals surface area contributed by atoms with Gasteiger partial charge in [0.15, 0.2) is 0 Å². The predicted octanol–water partition coefficient (Wildman–Crippen LogP) is 3.59. The average molecular weight is 374 g/mol. The van der Waals surface area contributed by atoms with Crippen molar-refractivity contribution in [3.8, 4) is 11.5 Å². The topological polar surface area (TPSA) is 55.8 Å². The van der Waals surface area contributed by atoms with Gasteiger partial charge in [0.2, 0.25) is 0 Å². The number of rotatable bonds is 3. The van der Waals surface area contributed by atoms with Crippen LogP contribution in [0.25, 0.3) is 0 Å². The minimum atomic E-state index is -3.78. The largest absolute Gasteiger partial charge is 0.495 e. The molecule has 0 saturated carbocycles. The molecule has 0 N–H and O–H groups in total. The molecule has 0 fully saturated rings. The molecular weight excluding hydrogens is 361 g/mol. The normalized spacial score (nSPS) is 14.1. The van der Waals surface area contributed by atoms with Gasteiger partial charge in [0, 0.05) is 5.02 Å². The average Bonchev–Trinajstić information content (AvgIpc) is 2.54. The van der Waals surface area contributed by atoms with Crippen molar-refractivity contribution in [3.05, 3.63) is 46.4 Å². The lowest BCUT2D eigenvalue weighted by Gasteiger charge is -2.30. The molecule has 23 heavy (non-hydrogen) atoms. The summed E-state index contributed by atoms with van der Waals surface area (Å²) in [5, 5.41) is 0.662. The van der Waals surface area contributed by atoms with Crippen LogP contribution in [-0.2, 0) is 10.0 Å². The van der Waals surface area contributed by atoms with Crippen molar-refractivity contribution >= 4 is 38.9 Å². The van der Waals surface area contributed by atoms with E-state index in [9.17, 15) is 8.42 Å². The van der Waals surface area contributed by atoms with Gasteiger partial charge in [-0.2, -0.15) is 0 Å². The van der Waals surface area contributed by atoms with E-state index in [0.717, 1.165) is 0 Å². The Balaban J connectivity index is 2.08. The van der Waals surface area contributed by atoms with Gasteiger partial charge in [-0.3, -0.25) is 4.31 Å². The zero-order valence-corrected chi connectivity index (χ0v) is 14.5. The lowest BCUT2D eigenvalue weighted by atomic mass is 10.2. The van der Waals surface area contributed by atoms with Crippen LogP contribution in [0.15, 0.2) is 41.3 Å². The molecule has 0 spiro atoms. The lowest BCUT2D eigenvalue weighted by Crippen LogP contribution is -2.37. The lowest BCUT2D eigenvalue weighted by molar-refractivity contribution is 0.316. The van der Waals surface area contributed by atoms with Crippen molar-refractivity contribution < 1.29 is 17.9 Å². The van der Waals surface area contributed by atoms with Crippen LogP contribution in [0, 0.1) is 0 Å². The highest BCUT2D eigenvalue weighted by Gasteiger charge is 2.30. The molecule has 1 aliphatic heterocycles. The van der Waals surface area contributed by atoms with Crippen LogP contribution in [0.5, 0.6) is 11.5 Å². The summed E-state index contributed by atoms with van der Waals surface area (Å²) in [6, 6.07) is 9.23. The van der Waals surface area contributed by atoms with Crippen molar-refractivity contribution in [2.45, 2.75) is 4.90 Å². The predicted molar refractivity (Wildman–Crippen MR) is 89.5 cm³/mol. The van der Waals surface area contributed by atoms with E-state index in [1.165, 1.54) is 29.6 Å². The second kappa shape index (κ2) is 6.11. The molecule has 0 atom stereocenters. The Labute approximate surface area is 144 Å². The summed E-state index contributed by atoms with van der Waals surface area (Å²) in [5.74, 6) is 0.889. The summed E-state index contributed by atoms with van der Waals surface area (Å²) in [5.41, 5.74) is 0.413. The Morgan fingerprint density at radius 1 is 1.17 bits per heavy atom. The van der Waals surface area contributed by atoms with Crippen LogP contribution in [0.3, 0.4) is 0 Å². The standard InChI is InChI=1S/C15H13Cl2NO4S/c1-21-14-5-3-11(9-12(14)17)23(19,20)18-6-7-22-15-4-2-10(16)8-13(15)18/h2-5,8-9H,6-7H2,1H3. The maximum absolute atomic E-state index is 12.9. The van der Waals surface area contributed by atoms with Gasteiger partial charge >= 0.3 is 0 Å². The maximum atomic E-state index is 12.9. The first-order chi connectivity index (χ1) is 10.9. The number of hydrogen-bond acceptors (Lipinski definition) is 4. The van der Waals surface area contributed by atoms with E-state index in [-0.39, 0.29) is 23.1 Å². The molecule has 0 bridgehead atoms. The summed E-state index contributed by atoms with van der Waals surface area (Å²) < 4.78 is 37.7. The summed E-state index contributed by atoms with van der Waals surface area (Å²) >= 11 is 12.0. The fraction of sp³-hybridized carbons (Fsp3) is 0.200. The number of nitrogens with zero attached hydrogens (tertiary/aromatic N) is 1. The highest BCUT2D eigenvalue weighted by molar-refractivity contribution is 7.92. The second-order valence-corrected chi connectivity index (χ2v) is 7.54. The first-order valence-electron chi connectivity index (χ1n) is 6.72. The number of fused-ring (bicyclic) bond motifs is 1. The number of hydrogen-bond donors (Lipinski definition) is 0. The Bertz CT molecular complexity index is 855. The van der Waals surface area contributed by atoms with Crippen LogP contribution < -0.4 is 13.8 Å². The van der Waals surface area contributed by atoms with Gasteiger partial charge in [-0.15, -0.1) is 0 Å². The molecule has 3 rings (SSSR count). The number of sulfonamides is 1. The molecule has 1 heterocycles. The molecule has 0 amide bonds. The van der Waals surface area contributed by atoms with Gasteiger partial charge in [-0.05, 0) is 36.4 Å². The number of benzene rings is 2. The van der Waals surface area contributed by atoms with Crippen LogP contribution in [0.1, 0.15) is 0 Å². The molecular formula is C15H13Cl2NO4S. The Morgan fingerprint density at radius 2 is 1.96 bits per heavy atom. The summed E-state index contributed by atoms with van der Waals surface area (Å²) in [7, 11) is -2.32. The van der Waals surface area contributed by atoms with E-state index in [0.29, 0.717) is 22.2 Å². The van der Waals surface area contributed by atoms with E-state index >= 15 is 0 Å². The fourth-order valence-corrected chi connectivity index (χ4v) is 4.32. The Kier molecular flexibility index (Phi) is 4.31. The van der Waals surface area contributed by atoms with E-state index in [2.05, 4.69) is 0 Å². The van der Waals surface area contributed by atoms with Crippen LogP contribution in [0.4, 0.5) is 5.69 Å². The quantitative estimate of drug-likeness (QED) is 0.824. The summed E-state index contributed by atoms with van der Waals surface area (Å²) in [4.78, 5) is 0.0797. The van der Waals surface area contributed by atoms with E-state index in [4.69, 9.17) is 32.7 Å². The highest BCUT2D eigenvalue weighted by atomic mass is 35.5. The SMILES string of the molecule is COc1ccc(S(=O)(=O)N2CCOc3ccc(Cl)cc32)cc1Cl. The zero-order chi connectivity index (χ0) is 16.6. The minimum absolute atomic E-state index is 0.0797. The molecule has 0 unspecified atom stereocenters. The molecule has 0 aromatic heterocycles. The number of anilines is 1. The van der Waals surface area contributed by atoms with Gasteiger partial charge < -0.3 is 9.47 Å². The van der Waals surface area contributed by atoms with Gasteiger partial charge in [0.1, 0.15) is 18.1 Å². The third-order valence-corrected chi connectivity index (χ3v) is 5.79. The minimum Gasteiger partial charge on any atom is -0.495 e. The second-order valence-electron chi connectivity index (χ2n) is 4.83. The molecule has 0 aliphatic carbocycles. The first kappa shape index (κ1) is 16.2. The maximum Gasteiger partial charge on any atom is 0.264 e. The Morgan fingerprint density at radius 3 is 2.65 bits per heavy atom. The molecule has 5 nitrogen and oxygen atoms in total. The van der Waals surface area contributed by atoms with Gasteiger partial charge in [0.25, 0.3) is 10.0 Å². The van der Waals surface area contributed by atoms with Crippen LogP contribution >= 0.6 is 23.2 Å². The van der Waals surface area contributed by atoms with Gasteiger partial charge in [-0.1, -0.05) is 23.2 Å². The highest BCUT2D eigenvalue weighted by Crippen LogP contribution is 2.38. The number of halogens is 2. The van der Waals surface area contributed by atoms with Gasteiger partial charge in [-0.25, -0.2) is 8.42 Å². The number of ether oxygens (including phenoxy) is 2. The van der Waals surface area contributed by atoms with E-state index in [1.807, 2.05) is 0 Å². The molecule has 0 saturated heterocycles. The van der Waals surface area contributed by atoms with E-state index in [1.54, 1.807) is 18.2 Å². The van der Waals surface area contributed by atoms with Crippen molar-refractivity contribution in [2.75, 3.05) is 24.6 Å². The van der Waals surface area contributed by atoms with Crippen molar-refractivity contribution in [1.29, 1.82) is 0 Å². The Hall–Kier alpha value is -1.63. The van der Waals surface area contributed by atoms with Gasteiger partial charge in [0.05, 0.1) is 29.3 Å². The van der Waals surface area contributed by atoms with Crippen molar-refractivity contribution in [2.24, 2.45) is 0 Å². The van der Waals surface area contributed by atoms with Crippen LogP contribution in [-0.4, -0.2) is 28.7 Å². The molecule has 2 aromatic rings. The summed E-state index contributed by atoms with van der Waals surface area (Å²) in [6.07, 6.45) is 0. The monoisotopic (exact) mass is 373 g/mol. The molecule has 1 aliphatic rings. The molecule has 8 heteroatoms. The smallest absolute Gasteiger partial charge is 0.264 e. The fourth-order valence-electron chi connectivity index (χ4n) is 2.35. The molecule has 2 aromatic carbocycles. The number of methoxy groups -OCH3 is 1. The third-order valence-electron chi connectivity index (χ3n) is 3.45. The summed E-state index contributed by atoms with van der Waals surface area (Å²) in [6.45, 7) is 0.455. The third kappa shape index (κ3) is 2.94. The molecule has 122 valence electrons.